The third-order valence-corrected chi connectivity index (χ3v) is 3.08. The third kappa shape index (κ3) is 3.33. The molecule has 104 valence electrons. The SMILES string of the molecule is CCC(NC(=O)c1ccc(NN)cn1)c1ccccc1. The molecule has 0 radical (unpaired) electrons. The lowest BCUT2D eigenvalue weighted by molar-refractivity contribution is 0.0930. The van der Waals surface area contributed by atoms with Crippen molar-refractivity contribution >= 4 is 11.6 Å². The number of carbonyl (C=O) groups is 1. The maximum atomic E-state index is 12.2. The summed E-state index contributed by atoms with van der Waals surface area (Å²) >= 11 is 0. The van der Waals surface area contributed by atoms with Gasteiger partial charge in [-0.2, -0.15) is 0 Å². The number of hydrogen-bond donors (Lipinski definition) is 3. The molecule has 2 aromatic rings. The van der Waals surface area contributed by atoms with Crippen molar-refractivity contribution in [2.75, 3.05) is 5.43 Å². The number of carbonyl (C=O) groups excluding carboxylic acids is 1. The van der Waals surface area contributed by atoms with Crippen LogP contribution in [0.3, 0.4) is 0 Å². The van der Waals surface area contributed by atoms with Gasteiger partial charge in [-0.15, -0.1) is 0 Å². The molecule has 0 saturated carbocycles. The number of nitrogen functional groups attached to an aromatic ring is 1. The number of benzene rings is 1. The average molecular weight is 270 g/mol. The fraction of sp³-hybridized carbons (Fsp3) is 0.200. The van der Waals surface area contributed by atoms with E-state index in [-0.39, 0.29) is 11.9 Å². The lowest BCUT2D eigenvalue weighted by atomic mass is 10.0. The summed E-state index contributed by atoms with van der Waals surface area (Å²) in [5.74, 6) is 5.07. The Morgan fingerprint density at radius 1 is 1.25 bits per heavy atom. The van der Waals surface area contributed by atoms with Crippen molar-refractivity contribution in [1.29, 1.82) is 0 Å². The lowest BCUT2D eigenvalue weighted by Gasteiger charge is -2.17. The minimum absolute atomic E-state index is 0.0159. The topological polar surface area (TPSA) is 80.0 Å². The van der Waals surface area contributed by atoms with Crippen LogP contribution >= 0.6 is 0 Å². The predicted octanol–water partition coefficient (Wildman–Crippen LogP) is 2.25. The Bertz CT molecular complexity index is 554. The van der Waals surface area contributed by atoms with Gasteiger partial charge in [-0.1, -0.05) is 37.3 Å². The smallest absolute Gasteiger partial charge is 0.270 e. The number of anilines is 1. The van der Waals surface area contributed by atoms with Crippen LogP contribution in [0.4, 0.5) is 5.69 Å². The fourth-order valence-electron chi connectivity index (χ4n) is 1.95. The molecule has 0 bridgehead atoms. The van der Waals surface area contributed by atoms with Crippen molar-refractivity contribution in [3.63, 3.8) is 0 Å². The Morgan fingerprint density at radius 3 is 2.55 bits per heavy atom. The summed E-state index contributed by atoms with van der Waals surface area (Å²) in [5.41, 5.74) is 4.60. The maximum absolute atomic E-state index is 12.2. The molecule has 1 atom stereocenters. The Morgan fingerprint density at radius 2 is 2.00 bits per heavy atom. The Hall–Kier alpha value is -2.40. The lowest BCUT2D eigenvalue weighted by Crippen LogP contribution is -2.28. The minimum atomic E-state index is -0.190. The second-order valence-electron chi connectivity index (χ2n) is 4.42. The number of aromatic nitrogens is 1. The van der Waals surface area contributed by atoms with Gasteiger partial charge in [0.2, 0.25) is 0 Å². The standard InChI is InChI=1S/C15H18N4O/c1-2-13(11-6-4-3-5-7-11)18-15(20)14-9-8-12(19-16)10-17-14/h3-10,13,19H,2,16H2,1H3,(H,18,20). The van der Waals surface area contributed by atoms with E-state index in [9.17, 15) is 4.79 Å². The van der Waals surface area contributed by atoms with Gasteiger partial charge in [0.1, 0.15) is 5.69 Å². The molecular formula is C15H18N4O. The summed E-state index contributed by atoms with van der Waals surface area (Å²) in [7, 11) is 0. The van der Waals surface area contributed by atoms with Crippen LogP contribution in [0.2, 0.25) is 0 Å². The molecule has 1 unspecified atom stereocenters. The molecule has 4 N–H and O–H groups in total. The van der Waals surface area contributed by atoms with Gasteiger partial charge >= 0.3 is 0 Å². The van der Waals surface area contributed by atoms with Crippen molar-refractivity contribution < 1.29 is 4.79 Å². The van der Waals surface area contributed by atoms with Crippen molar-refractivity contribution in [3.8, 4) is 0 Å². The van der Waals surface area contributed by atoms with Gasteiger partial charge in [0.25, 0.3) is 5.91 Å². The molecule has 1 heterocycles. The summed E-state index contributed by atoms with van der Waals surface area (Å²) in [6.45, 7) is 2.03. The summed E-state index contributed by atoms with van der Waals surface area (Å²) in [5, 5.41) is 2.98. The van der Waals surface area contributed by atoms with Crippen molar-refractivity contribution in [2.24, 2.45) is 5.84 Å². The van der Waals surface area contributed by atoms with Crippen LogP contribution in [0.15, 0.2) is 48.7 Å². The molecule has 0 aliphatic rings. The molecule has 0 fully saturated rings. The Kier molecular flexibility index (Phi) is 4.68. The minimum Gasteiger partial charge on any atom is -0.344 e. The van der Waals surface area contributed by atoms with E-state index in [1.807, 2.05) is 37.3 Å². The molecule has 0 saturated heterocycles. The van der Waals surface area contributed by atoms with E-state index in [1.165, 1.54) is 6.20 Å². The molecule has 0 aliphatic heterocycles. The van der Waals surface area contributed by atoms with Gasteiger partial charge in [-0.05, 0) is 24.1 Å². The number of hydrogen-bond acceptors (Lipinski definition) is 4. The van der Waals surface area contributed by atoms with Crippen LogP contribution in [0.5, 0.6) is 0 Å². The highest BCUT2D eigenvalue weighted by atomic mass is 16.1. The van der Waals surface area contributed by atoms with Crippen LogP contribution in [0.1, 0.15) is 35.4 Å². The molecule has 5 nitrogen and oxygen atoms in total. The number of nitrogens with zero attached hydrogens (tertiary/aromatic N) is 1. The van der Waals surface area contributed by atoms with E-state index < -0.39 is 0 Å². The van der Waals surface area contributed by atoms with Crippen LogP contribution in [0.25, 0.3) is 0 Å². The van der Waals surface area contributed by atoms with E-state index in [0.29, 0.717) is 11.4 Å². The van der Waals surface area contributed by atoms with Gasteiger partial charge in [0, 0.05) is 0 Å². The zero-order chi connectivity index (χ0) is 14.4. The molecular weight excluding hydrogens is 252 g/mol. The summed E-state index contributed by atoms with van der Waals surface area (Å²) in [6.07, 6.45) is 2.34. The van der Waals surface area contributed by atoms with Crippen LogP contribution in [0, 0.1) is 0 Å². The number of nitrogens with two attached hydrogens (primary N) is 1. The summed E-state index contributed by atoms with van der Waals surface area (Å²) in [4.78, 5) is 16.2. The van der Waals surface area contributed by atoms with E-state index in [1.54, 1.807) is 12.1 Å². The number of rotatable bonds is 5. The molecule has 2 rings (SSSR count). The number of pyridine rings is 1. The van der Waals surface area contributed by atoms with Gasteiger partial charge in [0.05, 0.1) is 17.9 Å². The predicted molar refractivity (Wildman–Crippen MR) is 79.0 cm³/mol. The summed E-state index contributed by atoms with van der Waals surface area (Å²) in [6, 6.07) is 13.2. The fourth-order valence-corrected chi connectivity index (χ4v) is 1.95. The van der Waals surface area contributed by atoms with E-state index in [0.717, 1.165) is 12.0 Å². The third-order valence-electron chi connectivity index (χ3n) is 3.08. The first-order chi connectivity index (χ1) is 9.74. The van der Waals surface area contributed by atoms with Crippen molar-refractivity contribution in [3.05, 3.63) is 59.9 Å². The Balaban J connectivity index is 2.09. The average Bonchev–Trinajstić information content (AvgIpc) is 2.53. The molecule has 20 heavy (non-hydrogen) atoms. The molecule has 5 heteroatoms. The van der Waals surface area contributed by atoms with Gasteiger partial charge < -0.3 is 10.7 Å². The first-order valence-electron chi connectivity index (χ1n) is 6.53. The normalized spacial score (nSPS) is 11.7. The highest BCUT2D eigenvalue weighted by Crippen LogP contribution is 2.16. The number of amides is 1. The molecule has 0 aliphatic carbocycles. The van der Waals surface area contributed by atoms with Gasteiger partial charge in [0.15, 0.2) is 0 Å². The molecule has 1 aromatic heterocycles. The molecule has 1 amide bonds. The highest BCUT2D eigenvalue weighted by molar-refractivity contribution is 5.92. The number of nitrogens with one attached hydrogen (secondary N) is 2. The first kappa shape index (κ1) is 14.0. The zero-order valence-corrected chi connectivity index (χ0v) is 11.3. The number of hydrazine groups is 1. The molecule has 0 spiro atoms. The largest absolute Gasteiger partial charge is 0.344 e. The monoisotopic (exact) mass is 270 g/mol. The van der Waals surface area contributed by atoms with E-state index in [4.69, 9.17) is 5.84 Å². The highest BCUT2D eigenvalue weighted by Gasteiger charge is 2.14. The second kappa shape index (κ2) is 6.68. The zero-order valence-electron chi connectivity index (χ0n) is 11.3. The van der Waals surface area contributed by atoms with Gasteiger partial charge in [-0.3, -0.25) is 10.6 Å². The van der Waals surface area contributed by atoms with Crippen LogP contribution in [-0.2, 0) is 0 Å². The van der Waals surface area contributed by atoms with Gasteiger partial charge in [-0.25, -0.2) is 4.98 Å². The Labute approximate surface area is 118 Å². The first-order valence-corrected chi connectivity index (χ1v) is 6.53. The molecule has 1 aromatic carbocycles. The van der Waals surface area contributed by atoms with Crippen molar-refractivity contribution in [1.82, 2.24) is 10.3 Å². The van der Waals surface area contributed by atoms with E-state index >= 15 is 0 Å². The summed E-state index contributed by atoms with van der Waals surface area (Å²) < 4.78 is 0. The van der Waals surface area contributed by atoms with Crippen LogP contribution in [-0.4, -0.2) is 10.9 Å². The maximum Gasteiger partial charge on any atom is 0.270 e. The van der Waals surface area contributed by atoms with Crippen LogP contribution < -0.4 is 16.6 Å². The van der Waals surface area contributed by atoms with E-state index in [2.05, 4.69) is 15.7 Å². The van der Waals surface area contributed by atoms with Crippen molar-refractivity contribution in [2.45, 2.75) is 19.4 Å². The quantitative estimate of drug-likeness (QED) is 0.575. The second-order valence-corrected chi connectivity index (χ2v) is 4.42.